The smallest absolute Gasteiger partial charge is 0.317 e. The fraction of sp³-hybridized carbons (Fsp3) is 0.444. The minimum Gasteiger partial charge on any atom is -0.444 e. The van der Waals surface area contributed by atoms with Crippen LogP contribution < -0.4 is 5.32 Å². The average Bonchev–Trinajstić information content (AvgIpc) is 3.11. The second kappa shape index (κ2) is 7.97. The van der Waals surface area contributed by atoms with Gasteiger partial charge in [-0.2, -0.15) is 0 Å². The first-order chi connectivity index (χ1) is 11.8. The molecule has 128 valence electrons. The molecule has 24 heavy (non-hydrogen) atoms. The van der Waals surface area contributed by atoms with Gasteiger partial charge in [0.25, 0.3) is 0 Å². The summed E-state index contributed by atoms with van der Waals surface area (Å²) in [5.41, 5.74) is 1.76. The molecule has 1 aliphatic rings. The molecule has 2 aromatic rings. The van der Waals surface area contributed by atoms with Gasteiger partial charge < -0.3 is 19.7 Å². The van der Waals surface area contributed by atoms with E-state index in [0.29, 0.717) is 25.4 Å². The zero-order valence-electron chi connectivity index (χ0n) is 13.6. The molecule has 2 heterocycles. The summed E-state index contributed by atoms with van der Waals surface area (Å²) in [7, 11) is 0. The van der Waals surface area contributed by atoms with E-state index in [9.17, 15) is 9.90 Å². The summed E-state index contributed by atoms with van der Waals surface area (Å²) in [6.07, 6.45) is 4.19. The normalized spacial score (nSPS) is 17.7. The quantitative estimate of drug-likeness (QED) is 0.882. The van der Waals surface area contributed by atoms with E-state index >= 15 is 0 Å². The number of aliphatic hydroxyl groups is 1. The van der Waals surface area contributed by atoms with Crippen LogP contribution in [-0.4, -0.2) is 47.3 Å². The molecule has 0 aliphatic carbocycles. The van der Waals surface area contributed by atoms with Gasteiger partial charge >= 0.3 is 6.03 Å². The summed E-state index contributed by atoms with van der Waals surface area (Å²) in [5.74, 6) is 0.798. The number of rotatable bonds is 5. The number of oxazole rings is 1. The summed E-state index contributed by atoms with van der Waals surface area (Å²) >= 11 is 0. The average molecular weight is 329 g/mol. The highest BCUT2D eigenvalue weighted by molar-refractivity contribution is 5.74. The number of urea groups is 1. The van der Waals surface area contributed by atoms with Crippen molar-refractivity contribution < 1.29 is 14.3 Å². The highest BCUT2D eigenvalue weighted by Gasteiger charge is 2.22. The first-order valence-electron chi connectivity index (χ1n) is 8.39. The molecule has 1 saturated heterocycles. The van der Waals surface area contributed by atoms with Crippen molar-refractivity contribution in [3.8, 4) is 11.5 Å². The van der Waals surface area contributed by atoms with Crippen molar-refractivity contribution in [2.24, 2.45) is 5.92 Å². The van der Waals surface area contributed by atoms with E-state index in [1.807, 2.05) is 30.3 Å². The third-order valence-electron chi connectivity index (χ3n) is 4.29. The van der Waals surface area contributed by atoms with E-state index in [0.717, 1.165) is 30.6 Å². The number of aliphatic hydroxyl groups excluding tert-OH is 1. The number of nitrogens with zero attached hydrogens (tertiary/aromatic N) is 2. The number of carbonyl (C=O) groups excluding carboxylic acids is 1. The largest absolute Gasteiger partial charge is 0.444 e. The lowest BCUT2D eigenvalue weighted by Crippen LogP contribution is -2.46. The van der Waals surface area contributed by atoms with E-state index in [-0.39, 0.29) is 18.6 Å². The van der Waals surface area contributed by atoms with Crippen LogP contribution in [0.25, 0.3) is 11.5 Å². The maximum Gasteiger partial charge on any atom is 0.317 e. The van der Waals surface area contributed by atoms with Crippen molar-refractivity contribution in [1.29, 1.82) is 0 Å². The van der Waals surface area contributed by atoms with Crippen LogP contribution in [0.15, 0.2) is 41.0 Å². The van der Waals surface area contributed by atoms with Gasteiger partial charge in [-0.1, -0.05) is 18.2 Å². The van der Waals surface area contributed by atoms with Gasteiger partial charge in [-0.25, -0.2) is 9.78 Å². The number of likely N-dealkylation sites (tertiary alicyclic amines) is 1. The summed E-state index contributed by atoms with van der Waals surface area (Å²) in [5, 5.41) is 12.2. The van der Waals surface area contributed by atoms with Crippen molar-refractivity contribution in [2.45, 2.75) is 19.3 Å². The number of carbonyl (C=O) groups is 1. The van der Waals surface area contributed by atoms with Gasteiger partial charge in [0.05, 0.1) is 5.69 Å². The Kier molecular flexibility index (Phi) is 5.48. The summed E-state index contributed by atoms with van der Waals surface area (Å²) in [4.78, 5) is 18.4. The number of piperidine rings is 1. The molecule has 2 amide bonds. The molecule has 6 nitrogen and oxygen atoms in total. The number of hydrogen-bond acceptors (Lipinski definition) is 4. The molecule has 0 bridgehead atoms. The standard InChI is InChI=1S/C18H23N3O3/c22-12-14-5-4-10-21(11-14)18(23)19-9-8-16-13-24-17(20-16)15-6-2-1-3-7-15/h1-3,6-7,13-14,22H,4-5,8-12H2,(H,19,23)/t14-/m1/s1. The van der Waals surface area contributed by atoms with E-state index < -0.39 is 0 Å². The number of amides is 2. The molecule has 1 atom stereocenters. The second-order valence-electron chi connectivity index (χ2n) is 6.13. The van der Waals surface area contributed by atoms with Gasteiger partial charge in [-0.15, -0.1) is 0 Å². The second-order valence-corrected chi connectivity index (χ2v) is 6.13. The van der Waals surface area contributed by atoms with E-state index in [1.54, 1.807) is 11.2 Å². The molecule has 0 radical (unpaired) electrons. The third-order valence-corrected chi connectivity index (χ3v) is 4.29. The monoisotopic (exact) mass is 329 g/mol. The first-order valence-corrected chi connectivity index (χ1v) is 8.39. The van der Waals surface area contributed by atoms with Crippen LogP contribution in [0, 0.1) is 5.92 Å². The third kappa shape index (κ3) is 4.14. The zero-order valence-corrected chi connectivity index (χ0v) is 13.6. The molecule has 3 rings (SSSR count). The van der Waals surface area contributed by atoms with Crippen LogP contribution in [-0.2, 0) is 6.42 Å². The van der Waals surface area contributed by atoms with Crippen LogP contribution in [0.2, 0.25) is 0 Å². The Balaban J connectivity index is 1.46. The molecule has 0 unspecified atom stereocenters. The van der Waals surface area contributed by atoms with Crippen LogP contribution in [0.4, 0.5) is 4.79 Å². The van der Waals surface area contributed by atoms with Gasteiger partial charge in [-0.05, 0) is 30.9 Å². The van der Waals surface area contributed by atoms with Gasteiger partial charge in [-0.3, -0.25) is 0 Å². The zero-order chi connectivity index (χ0) is 16.8. The van der Waals surface area contributed by atoms with Crippen molar-refractivity contribution in [2.75, 3.05) is 26.2 Å². The highest BCUT2D eigenvalue weighted by atomic mass is 16.3. The number of hydrogen-bond donors (Lipinski definition) is 2. The predicted molar refractivity (Wildman–Crippen MR) is 90.4 cm³/mol. The molecular weight excluding hydrogens is 306 g/mol. The van der Waals surface area contributed by atoms with Gasteiger partial charge in [0.15, 0.2) is 0 Å². The van der Waals surface area contributed by atoms with Crippen LogP contribution >= 0.6 is 0 Å². The number of aromatic nitrogens is 1. The highest BCUT2D eigenvalue weighted by Crippen LogP contribution is 2.18. The van der Waals surface area contributed by atoms with Crippen LogP contribution in [0.1, 0.15) is 18.5 Å². The van der Waals surface area contributed by atoms with Gasteiger partial charge in [0, 0.05) is 38.2 Å². The van der Waals surface area contributed by atoms with Gasteiger partial charge in [0.2, 0.25) is 5.89 Å². The first kappa shape index (κ1) is 16.5. The predicted octanol–water partition coefficient (Wildman–Crippen LogP) is 2.30. The lowest BCUT2D eigenvalue weighted by Gasteiger charge is -2.31. The Morgan fingerprint density at radius 1 is 1.38 bits per heavy atom. The Bertz CT molecular complexity index is 657. The van der Waals surface area contributed by atoms with Crippen molar-refractivity contribution in [3.63, 3.8) is 0 Å². The molecule has 1 aliphatic heterocycles. The van der Waals surface area contributed by atoms with Crippen molar-refractivity contribution in [1.82, 2.24) is 15.2 Å². The van der Waals surface area contributed by atoms with E-state index in [4.69, 9.17) is 4.42 Å². The molecule has 2 N–H and O–H groups in total. The maximum atomic E-state index is 12.2. The molecule has 1 aromatic carbocycles. The summed E-state index contributed by atoms with van der Waals surface area (Å²) in [6, 6.07) is 9.66. The SMILES string of the molecule is O=C(NCCc1coc(-c2ccccc2)n1)N1CCC[C@@H](CO)C1. The lowest BCUT2D eigenvalue weighted by atomic mass is 9.99. The Labute approximate surface area is 141 Å². The fourth-order valence-corrected chi connectivity index (χ4v) is 2.94. The summed E-state index contributed by atoms with van der Waals surface area (Å²) in [6.45, 7) is 2.04. The number of nitrogens with one attached hydrogen (secondary N) is 1. The molecule has 1 aromatic heterocycles. The van der Waals surface area contributed by atoms with Crippen LogP contribution in [0.3, 0.4) is 0 Å². The minimum absolute atomic E-state index is 0.0695. The van der Waals surface area contributed by atoms with E-state index in [2.05, 4.69) is 10.3 Å². The molecule has 0 spiro atoms. The maximum absolute atomic E-state index is 12.2. The Morgan fingerprint density at radius 2 is 2.21 bits per heavy atom. The molecular formula is C18H23N3O3. The molecule has 0 saturated carbocycles. The molecule has 1 fully saturated rings. The fourth-order valence-electron chi connectivity index (χ4n) is 2.94. The topological polar surface area (TPSA) is 78.6 Å². The van der Waals surface area contributed by atoms with Crippen molar-refractivity contribution in [3.05, 3.63) is 42.3 Å². The van der Waals surface area contributed by atoms with E-state index in [1.165, 1.54) is 0 Å². The Morgan fingerprint density at radius 3 is 3.00 bits per heavy atom. The minimum atomic E-state index is -0.0695. The number of benzene rings is 1. The summed E-state index contributed by atoms with van der Waals surface area (Å²) < 4.78 is 5.49. The van der Waals surface area contributed by atoms with Crippen LogP contribution in [0.5, 0.6) is 0 Å². The Hall–Kier alpha value is -2.34. The van der Waals surface area contributed by atoms with Crippen molar-refractivity contribution >= 4 is 6.03 Å². The molecule has 6 heteroatoms. The lowest BCUT2D eigenvalue weighted by molar-refractivity contribution is 0.129. The van der Waals surface area contributed by atoms with Gasteiger partial charge in [0.1, 0.15) is 6.26 Å².